The number of hydroxylamine groups is 2. The monoisotopic (exact) mass is 417 g/mol. The van der Waals surface area contributed by atoms with E-state index in [0.717, 1.165) is 0 Å². The van der Waals surface area contributed by atoms with Crippen LogP contribution in [0.1, 0.15) is 32.6 Å². The first-order valence-corrected chi connectivity index (χ1v) is 10.3. The minimum atomic E-state index is -4.83. The third-order valence-electron chi connectivity index (χ3n) is 5.40. The molecule has 0 spiro atoms. The lowest BCUT2D eigenvalue weighted by Crippen LogP contribution is -2.52. The standard InChI is InChI=1S/C15H23N5O7S/c1-9(21)18-6-4-10(5-7-18)14(22)17-13(16)12-3-2-11-8-19(12)15(23)20(11)27-28(24,25)26/h10-12H,2-8H2,1H3,(H2,16,17,22)(H,24,25,26). The van der Waals surface area contributed by atoms with Crippen molar-refractivity contribution in [3.8, 4) is 0 Å². The van der Waals surface area contributed by atoms with Crippen LogP contribution in [0.4, 0.5) is 4.79 Å². The fraction of sp³-hybridized carbons (Fsp3) is 0.733. The molecule has 0 saturated carbocycles. The summed E-state index contributed by atoms with van der Waals surface area (Å²) in [5, 5.41) is 11.4. The number of hydrogen-bond acceptors (Lipinski definition) is 7. The highest BCUT2D eigenvalue weighted by Gasteiger charge is 2.48. The third-order valence-corrected chi connectivity index (χ3v) is 5.75. The summed E-state index contributed by atoms with van der Waals surface area (Å²) < 4.78 is 35.0. The van der Waals surface area contributed by atoms with Crippen molar-refractivity contribution in [2.24, 2.45) is 5.92 Å². The molecule has 2 atom stereocenters. The first-order chi connectivity index (χ1) is 13.1. The number of fused-ring (bicyclic) bond motifs is 2. The number of likely N-dealkylation sites (tertiary alicyclic amines) is 1. The number of amides is 4. The van der Waals surface area contributed by atoms with Crippen LogP contribution in [0, 0.1) is 11.3 Å². The number of amidine groups is 1. The molecule has 0 aromatic carbocycles. The van der Waals surface area contributed by atoms with Crippen LogP contribution < -0.4 is 5.32 Å². The number of rotatable bonds is 4. The molecule has 2 unspecified atom stereocenters. The molecule has 3 rings (SSSR count). The smallest absolute Gasteiger partial charge is 0.343 e. The summed E-state index contributed by atoms with van der Waals surface area (Å²) in [5.41, 5.74) is 0. The lowest BCUT2D eigenvalue weighted by atomic mass is 9.95. The first kappa shape index (κ1) is 20.5. The number of urea groups is 1. The fourth-order valence-electron chi connectivity index (χ4n) is 3.91. The zero-order valence-electron chi connectivity index (χ0n) is 15.3. The van der Waals surface area contributed by atoms with Gasteiger partial charge in [0.05, 0.1) is 12.1 Å². The largest absolute Gasteiger partial charge is 0.418 e. The molecule has 3 N–H and O–H groups in total. The Morgan fingerprint density at radius 3 is 2.43 bits per heavy atom. The quantitative estimate of drug-likeness (QED) is 0.311. The highest BCUT2D eigenvalue weighted by molar-refractivity contribution is 7.80. The normalized spacial score (nSPS) is 25.8. The first-order valence-electron chi connectivity index (χ1n) is 8.98. The summed E-state index contributed by atoms with van der Waals surface area (Å²) in [6, 6.07) is -2.04. The molecular weight excluding hydrogens is 394 g/mol. The van der Waals surface area contributed by atoms with Crippen molar-refractivity contribution in [2.45, 2.75) is 44.7 Å². The maximum Gasteiger partial charge on any atom is 0.418 e. The zero-order valence-corrected chi connectivity index (χ0v) is 16.1. The second-order valence-corrected chi connectivity index (χ2v) is 8.20. The van der Waals surface area contributed by atoms with E-state index in [4.69, 9.17) is 9.96 Å². The highest BCUT2D eigenvalue weighted by atomic mass is 32.3. The van der Waals surface area contributed by atoms with E-state index in [9.17, 15) is 22.8 Å². The fourth-order valence-corrected chi connectivity index (χ4v) is 4.29. The Hall–Kier alpha value is -2.25. The van der Waals surface area contributed by atoms with Gasteiger partial charge in [0.2, 0.25) is 11.8 Å². The molecule has 0 radical (unpaired) electrons. The van der Waals surface area contributed by atoms with Gasteiger partial charge in [0.25, 0.3) is 0 Å². The van der Waals surface area contributed by atoms with E-state index in [0.29, 0.717) is 43.8 Å². The Bertz CT molecular complexity index is 793. The van der Waals surface area contributed by atoms with E-state index in [1.54, 1.807) is 4.90 Å². The van der Waals surface area contributed by atoms with E-state index < -0.39 is 28.5 Å². The van der Waals surface area contributed by atoms with Gasteiger partial charge in [-0.05, 0) is 25.7 Å². The summed E-state index contributed by atoms with van der Waals surface area (Å²) in [6.45, 7) is 2.58. The van der Waals surface area contributed by atoms with Crippen molar-refractivity contribution in [3.05, 3.63) is 0 Å². The van der Waals surface area contributed by atoms with Gasteiger partial charge >= 0.3 is 16.4 Å². The second-order valence-electron chi connectivity index (χ2n) is 7.19. The van der Waals surface area contributed by atoms with Crippen molar-refractivity contribution < 1.29 is 31.6 Å². The van der Waals surface area contributed by atoms with Gasteiger partial charge < -0.3 is 15.1 Å². The number of carbonyl (C=O) groups is 3. The molecule has 2 bridgehead atoms. The summed E-state index contributed by atoms with van der Waals surface area (Å²) >= 11 is 0. The molecule has 3 aliphatic rings. The van der Waals surface area contributed by atoms with Crippen LogP contribution in [-0.4, -0.2) is 83.2 Å². The van der Waals surface area contributed by atoms with Gasteiger partial charge in [-0.25, -0.2) is 4.79 Å². The van der Waals surface area contributed by atoms with Crippen molar-refractivity contribution in [1.82, 2.24) is 20.2 Å². The molecule has 4 amide bonds. The topological polar surface area (TPSA) is 160 Å². The molecule has 12 nitrogen and oxygen atoms in total. The molecule has 0 aromatic rings. The van der Waals surface area contributed by atoms with E-state index in [-0.39, 0.29) is 30.1 Å². The lowest BCUT2D eigenvalue weighted by Gasteiger charge is -2.33. The molecule has 13 heteroatoms. The average Bonchev–Trinajstić information content (AvgIpc) is 2.85. The summed E-state index contributed by atoms with van der Waals surface area (Å²) in [7, 11) is -4.83. The van der Waals surface area contributed by atoms with Gasteiger partial charge in [-0.15, -0.1) is 4.28 Å². The summed E-state index contributed by atoms with van der Waals surface area (Å²) in [5.74, 6) is -0.818. The van der Waals surface area contributed by atoms with Gasteiger partial charge in [-0.1, -0.05) is 0 Å². The molecule has 3 saturated heterocycles. The molecule has 3 fully saturated rings. The number of piperidine rings is 2. The summed E-state index contributed by atoms with van der Waals surface area (Å²) in [6.07, 6.45) is 1.72. The van der Waals surface area contributed by atoms with Gasteiger partial charge in [0.15, 0.2) is 0 Å². The average molecular weight is 417 g/mol. The molecule has 28 heavy (non-hydrogen) atoms. The van der Waals surface area contributed by atoms with Crippen LogP contribution >= 0.6 is 0 Å². The van der Waals surface area contributed by atoms with E-state index in [2.05, 4.69) is 9.60 Å². The summed E-state index contributed by atoms with van der Waals surface area (Å²) in [4.78, 5) is 39.1. The van der Waals surface area contributed by atoms with Crippen LogP contribution in [0.15, 0.2) is 0 Å². The van der Waals surface area contributed by atoms with Crippen LogP contribution in [0.25, 0.3) is 0 Å². The van der Waals surface area contributed by atoms with Gasteiger partial charge in [-0.3, -0.25) is 19.6 Å². The SMILES string of the molecule is CC(=O)N1CCC(C(=O)NC(=N)C2CCC3CN2C(=O)N3OS(=O)(=O)O)CC1. The number of carbonyl (C=O) groups excluding carboxylic acids is 3. The Labute approximate surface area is 162 Å². The van der Waals surface area contributed by atoms with Crippen molar-refractivity contribution in [3.63, 3.8) is 0 Å². The Morgan fingerprint density at radius 2 is 1.86 bits per heavy atom. The van der Waals surface area contributed by atoms with Crippen molar-refractivity contribution >= 4 is 34.1 Å². The maximum atomic E-state index is 12.5. The van der Waals surface area contributed by atoms with E-state index in [1.807, 2.05) is 0 Å². The van der Waals surface area contributed by atoms with Gasteiger partial charge in [0.1, 0.15) is 5.84 Å². The van der Waals surface area contributed by atoms with Gasteiger partial charge in [-0.2, -0.15) is 13.5 Å². The maximum absolute atomic E-state index is 12.5. The Balaban J connectivity index is 1.58. The van der Waals surface area contributed by atoms with Gasteiger partial charge in [0, 0.05) is 32.5 Å². The Kier molecular flexibility index (Phi) is 5.59. The molecule has 3 heterocycles. The lowest BCUT2D eigenvalue weighted by molar-refractivity contribution is -0.133. The molecule has 156 valence electrons. The van der Waals surface area contributed by atoms with Crippen LogP contribution in [-0.2, 0) is 24.3 Å². The minimum absolute atomic E-state index is 0.0347. The van der Waals surface area contributed by atoms with Crippen LogP contribution in [0.5, 0.6) is 0 Å². The highest BCUT2D eigenvalue weighted by Crippen LogP contribution is 2.31. The number of nitrogens with one attached hydrogen (secondary N) is 2. The predicted octanol–water partition coefficient (Wildman–Crippen LogP) is -0.659. The molecule has 0 aromatic heterocycles. The van der Waals surface area contributed by atoms with Crippen molar-refractivity contribution in [1.29, 1.82) is 5.41 Å². The minimum Gasteiger partial charge on any atom is -0.343 e. The van der Waals surface area contributed by atoms with Crippen molar-refractivity contribution in [2.75, 3.05) is 19.6 Å². The Morgan fingerprint density at radius 1 is 1.21 bits per heavy atom. The third kappa shape index (κ3) is 4.25. The number of nitrogens with zero attached hydrogens (tertiary/aromatic N) is 3. The number of hydrogen-bond donors (Lipinski definition) is 3. The van der Waals surface area contributed by atoms with Crippen LogP contribution in [0.2, 0.25) is 0 Å². The molecule has 0 aliphatic carbocycles. The molecular formula is C15H23N5O7S. The molecule has 3 aliphatic heterocycles. The zero-order chi connectivity index (χ0) is 20.6. The van der Waals surface area contributed by atoms with E-state index >= 15 is 0 Å². The predicted molar refractivity (Wildman–Crippen MR) is 94.2 cm³/mol. The van der Waals surface area contributed by atoms with E-state index in [1.165, 1.54) is 11.8 Å². The van der Waals surface area contributed by atoms with Crippen LogP contribution in [0.3, 0.4) is 0 Å². The second kappa shape index (κ2) is 7.64.